The molecule has 2 aliphatic rings. The molecule has 24 heavy (non-hydrogen) atoms. The van der Waals surface area contributed by atoms with Crippen molar-refractivity contribution < 1.29 is 8.42 Å². The number of piperidine rings is 1. The van der Waals surface area contributed by atoms with Gasteiger partial charge in [0.1, 0.15) is 0 Å². The second-order valence-electron chi connectivity index (χ2n) is 6.13. The van der Waals surface area contributed by atoms with Crippen LogP contribution in [0.1, 0.15) is 25.7 Å². The predicted molar refractivity (Wildman–Crippen MR) is 101 cm³/mol. The first kappa shape index (κ1) is 17.4. The van der Waals surface area contributed by atoms with Crippen LogP contribution in [0.25, 0.3) is 0 Å². The van der Waals surface area contributed by atoms with Gasteiger partial charge in [0.15, 0.2) is 5.11 Å². The van der Waals surface area contributed by atoms with Crippen molar-refractivity contribution in [2.75, 3.05) is 31.5 Å². The van der Waals surface area contributed by atoms with E-state index in [1.807, 2.05) is 0 Å². The largest absolute Gasteiger partial charge is 0.345 e. The maximum Gasteiger partial charge on any atom is 0.243 e. The molecule has 1 aromatic carbocycles. The van der Waals surface area contributed by atoms with E-state index in [2.05, 4.69) is 22.4 Å². The molecule has 0 atom stereocenters. The number of hydrogen-bond donors (Lipinski definition) is 1. The Balaban J connectivity index is 1.66. The molecule has 0 amide bonds. The molecule has 0 bridgehead atoms. The molecule has 0 saturated carbocycles. The topological polar surface area (TPSA) is 52.7 Å². The van der Waals surface area contributed by atoms with Gasteiger partial charge in [-0.3, -0.25) is 0 Å². The van der Waals surface area contributed by atoms with E-state index in [4.69, 9.17) is 12.2 Å². The maximum atomic E-state index is 12.6. The maximum absolute atomic E-state index is 12.6. The molecule has 0 aliphatic carbocycles. The number of nitrogens with zero attached hydrogens (tertiary/aromatic N) is 2. The molecule has 7 heteroatoms. The third-order valence-electron chi connectivity index (χ3n) is 4.40. The quantitative estimate of drug-likeness (QED) is 0.659. The van der Waals surface area contributed by atoms with E-state index in [1.54, 1.807) is 28.6 Å². The van der Waals surface area contributed by atoms with Gasteiger partial charge in [-0.1, -0.05) is 18.6 Å². The first-order valence-corrected chi connectivity index (χ1v) is 10.2. The summed E-state index contributed by atoms with van der Waals surface area (Å²) in [5.74, 6) is 0. The van der Waals surface area contributed by atoms with Gasteiger partial charge in [-0.05, 0) is 55.7 Å². The van der Waals surface area contributed by atoms with Crippen molar-refractivity contribution in [3.63, 3.8) is 0 Å². The highest BCUT2D eigenvalue weighted by Crippen LogP contribution is 2.22. The first-order chi connectivity index (χ1) is 11.6. The number of benzene rings is 1. The lowest BCUT2D eigenvalue weighted by molar-refractivity contribution is 0.346. The minimum absolute atomic E-state index is 0.349. The van der Waals surface area contributed by atoms with Gasteiger partial charge < -0.3 is 10.2 Å². The van der Waals surface area contributed by atoms with Gasteiger partial charge in [-0.25, -0.2) is 8.42 Å². The Kier molecular flexibility index (Phi) is 5.53. The first-order valence-electron chi connectivity index (χ1n) is 8.38. The van der Waals surface area contributed by atoms with Crippen LogP contribution in [0.15, 0.2) is 41.3 Å². The number of anilines is 1. The third-order valence-corrected chi connectivity index (χ3v) is 6.68. The van der Waals surface area contributed by atoms with E-state index < -0.39 is 10.0 Å². The Morgan fingerprint density at radius 2 is 1.71 bits per heavy atom. The lowest BCUT2D eigenvalue weighted by Crippen LogP contribution is -2.37. The SMILES string of the molecule is O=S(=O)(c1ccc(NC(=S)N2CC=CCC2)cc1)N1CCCCC1. The van der Waals surface area contributed by atoms with E-state index in [9.17, 15) is 8.42 Å². The van der Waals surface area contributed by atoms with Crippen LogP contribution in [-0.2, 0) is 10.0 Å². The van der Waals surface area contributed by atoms with Gasteiger partial charge in [0.2, 0.25) is 10.0 Å². The van der Waals surface area contributed by atoms with Crippen LogP contribution < -0.4 is 5.32 Å². The molecule has 2 heterocycles. The molecule has 0 radical (unpaired) electrons. The average Bonchev–Trinajstić information content (AvgIpc) is 2.63. The Labute approximate surface area is 149 Å². The van der Waals surface area contributed by atoms with Crippen LogP contribution in [-0.4, -0.2) is 48.9 Å². The van der Waals surface area contributed by atoms with Gasteiger partial charge in [0, 0.05) is 31.9 Å². The molecule has 1 N–H and O–H groups in total. The molecule has 0 spiro atoms. The summed E-state index contributed by atoms with van der Waals surface area (Å²) in [5, 5.41) is 3.86. The van der Waals surface area contributed by atoms with Crippen LogP contribution in [0.2, 0.25) is 0 Å². The molecule has 0 unspecified atom stereocenters. The van der Waals surface area contributed by atoms with E-state index in [0.717, 1.165) is 44.5 Å². The Hall–Kier alpha value is -1.44. The molecular formula is C17H23N3O2S2. The minimum Gasteiger partial charge on any atom is -0.345 e. The fourth-order valence-electron chi connectivity index (χ4n) is 2.99. The van der Waals surface area contributed by atoms with Crippen LogP contribution in [0, 0.1) is 0 Å². The van der Waals surface area contributed by atoms with E-state index in [-0.39, 0.29) is 0 Å². The number of hydrogen-bond acceptors (Lipinski definition) is 3. The molecule has 5 nitrogen and oxygen atoms in total. The zero-order valence-electron chi connectivity index (χ0n) is 13.6. The molecule has 1 fully saturated rings. The second kappa shape index (κ2) is 7.63. The standard InChI is InChI=1S/C17H23N3O2S2/c21-24(22,20-13-5-2-6-14-20)16-9-7-15(8-10-16)18-17(23)19-11-3-1-4-12-19/h1,3,7-10H,2,4-6,11-14H2,(H,18,23). The van der Waals surface area contributed by atoms with Crippen molar-refractivity contribution in [2.24, 2.45) is 0 Å². The van der Waals surface area contributed by atoms with Crippen molar-refractivity contribution >= 4 is 33.0 Å². The second-order valence-corrected chi connectivity index (χ2v) is 8.45. The van der Waals surface area contributed by atoms with Gasteiger partial charge in [-0.2, -0.15) is 4.31 Å². The summed E-state index contributed by atoms with van der Waals surface area (Å²) < 4.78 is 26.9. The van der Waals surface area contributed by atoms with Crippen molar-refractivity contribution in [2.45, 2.75) is 30.6 Å². The third kappa shape index (κ3) is 3.96. The summed E-state index contributed by atoms with van der Waals surface area (Å²) in [5.41, 5.74) is 0.812. The highest BCUT2D eigenvalue weighted by Gasteiger charge is 2.25. The van der Waals surface area contributed by atoms with Crippen LogP contribution in [0.3, 0.4) is 0 Å². The molecule has 1 saturated heterocycles. The van der Waals surface area contributed by atoms with Gasteiger partial charge >= 0.3 is 0 Å². The summed E-state index contributed by atoms with van der Waals surface area (Å²) in [6, 6.07) is 6.88. The number of sulfonamides is 1. The van der Waals surface area contributed by atoms with E-state index in [0.29, 0.717) is 23.1 Å². The Morgan fingerprint density at radius 3 is 2.33 bits per heavy atom. The summed E-state index contributed by atoms with van der Waals surface area (Å²) in [4.78, 5) is 2.44. The zero-order chi connectivity index (χ0) is 17.0. The molecule has 130 valence electrons. The fraction of sp³-hybridized carbons (Fsp3) is 0.471. The number of thiocarbonyl (C=S) groups is 1. The summed E-state index contributed by atoms with van der Waals surface area (Å²) in [6.07, 6.45) is 8.24. The van der Waals surface area contributed by atoms with Crippen molar-refractivity contribution in [1.29, 1.82) is 0 Å². The lowest BCUT2D eigenvalue weighted by atomic mass is 10.2. The summed E-state index contributed by atoms with van der Waals surface area (Å²) in [7, 11) is -3.37. The monoisotopic (exact) mass is 365 g/mol. The van der Waals surface area contributed by atoms with Gasteiger partial charge in [0.25, 0.3) is 0 Å². The Bertz CT molecular complexity index is 708. The van der Waals surface area contributed by atoms with Crippen LogP contribution >= 0.6 is 12.2 Å². The summed E-state index contributed by atoms with van der Waals surface area (Å²) >= 11 is 5.42. The lowest BCUT2D eigenvalue weighted by Gasteiger charge is -2.27. The minimum atomic E-state index is -3.37. The van der Waals surface area contributed by atoms with Crippen molar-refractivity contribution in [3.05, 3.63) is 36.4 Å². The zero-order valence-corrected chi connectivity index (χ0v) is 15.3. The smallest absolute Gasteiger partial charge is 0.243 e. The van der Waals surface area contributed by atoms with Crippen molar-refractivity contribution in [3.8, 4) is 0 Å². The predicted octanol–water partition coefficient (Wildman–Crippen LogP) is 2.82. The van der Waals surface area contributed by atoms with Gasteiger partial charge in [-0.15, -0.1) is 0 Å². The normalized spacial score (nSPS) is 19.2. The van der Waals surface area contributed by atoms with E-state index in [1.165, 1.54) is 0 Å². The summed E-state index contributed by atoms with van der Waals surface area (Å²) in [6.45, 7) is 2.96. The van der Waals surface area contributed by atoms with Crippen LogP contribution in [0.5, 0.6) is 0 Å². The molecular weight excluding hydrogens is 342 g/mol. The van der Waals surface area contributed by atoms with Crippen LogP contribution in [0.4, 0.5) is 5.69 Å². The highest BCUT2D eigenvalue weighted by molar-refractivity contribution is 7.89. The molecule has 0 aromatic heterocycles. The molecule has 2 aliphatic heterocycles. The average molecular weight is 366 g/mol. The highest BCUT2D eigenvalue weighted by atomic mass is 32.2. The molecule has 1 aromatic rings. The molecule has 3 rings (SSSR count). The fourth-order valence-corrected chi connectivity index (χ4v) is 4.79. The Morgan fingerprint density at radius 1 is 1.00 bits per heavy atom. The van der Waals surface area contributed by atoms with Gasteiger partial charge in [0.05, 0.1) is 4.90 Å². The number of nitrogens with one attached hydrogen (secondary N) is 1. The van der Waals surface area contributed by atoms with Crippen molar-refractivity contribution in [1.82, 2.24) is 9.21 Å². The van der Waals surface area contributed by atoms with E-state index >= 15 is 0 Å². The number of rotatable bonds is 3.